The molecule has 0 fully saturated rings. The number of hydrogen-bond acceptors (Lipinski definition) is 2. The van der Waals surface area contributed by atoms with Crippen LogP contribution in [0, 0.1) is 6.85 Å². The fourth-order valence-electron chi connectivity index (χ4n) is 2.62. The first-order chi connectivity index (χ1) is 12.0. The SMILES string of the molecule is [2H]C([2H])([2H])c1cccc(-c2ncccc2-c2ccn3cncc3c2)c1. The average molecular weight is 288 g/mol. The molecule has 3 nitrogen and oxygen atoms in total. The quantitative estimate of drug-likeness (QED) is 0.548. The number of benzene rings is 1. The molecule has 3 heterocycles. The van der Waals surface area contributed by atoms with Crippen LogP contribution in [-0.4, -0.2) is 14.4 Å². The maximum atomic E-state index is 7.63. The molecule has 0 atom stereocenters. The Labute approximate surface area is 133 Å². The van der Waals surface area contributed by atoms with Crippen molar-refractivity contribution in [2.24, 2.45) is 0 Å². The topological polar surface area (TPSA) is 30.2 Å². The van der Waals surface area contributed by atoms with E-state index in [9.17, 15) is 0 Å². The smallest absolute Gasteiger partial charge is 0.0991 e. The Morgan fingerprint density at radius 1 is 1.05 bits per heavy atom. The van der Waals surface area contributed by atoms with E-state index in [1.165, 1.54) is 0 Å². The number of aryl methyl sites for hydroxylation is 1. The fraction of sp³-hybridized carbons (Fsp3) is 0.0526. The van der Waals surface area contributed by atoms with Crippen molar-refractivity contribution in [3.63, 3.8) is 0 Å². The first-order valence-corrected chi connectivity index (χ1v) is 7.00. The van der Waals surface area contributed by atoms with Gasteiger partial charge in [0.2, 0.25) is 0 Å². The number of aromatic nitrogens is 3. The lowest BCUT2D eigenvalue weighted by Crippen LogP contribution is -1.90. The van der Waals surface area contributed by atoms with Gasteiger partial charge in [-0.05, 0) is 36.7 Å². The molecule has 0 unspecified atom stereocenters. The second-order valence-electron chi connectivity index (χ2n) is 5.12. The summed E-state index contributed by atoms with van der Waals surface area (Å²) in [5, 5.41) is 0. The first kappa shape index (κ1) is 9.90. The van der Waals surface area contributed by atoms with Crippen LogP contribution in [0.1, 0.15) is 9.68 Å². The van der Waals surface area contributed by atoms with Gasteiger partial charge in [0, 0.05) is 27.6 Å². The lowest BCUT2D eigenvalue weighted by atomic mass is 9.99. The second kappa shape index (κ2) is 5.11. The van der Waals surface area contributed by atoms with E-state index in [1.54, 1.807) is 36.9 Å². The van der Waals surface area contributed by atoms with Crippen molar-refractivity contribution < 1.29 is 4.11 Å². The van der Waals surface area contributed by atoms with E-state index in [-0.39, 0.29) is 0 Å². The van der Waals surface area contributed by atoms with Crippen LogP contribution in [0.4, 0.5) is 0 Å². The number of rotatable bonds is 2. The van der Waals surface area contributed by atoms with Crippen LogP contribution in [0.5, 0.6) is 0 Å². The van der Waals surface area contributed by atoms with Gasteiger partial charge in [-0.25, -0.2) is 4.98 Å². The Hall–Kier alpha value is -2.94. The molecule has 0 spiro atoms. The van der Waals surface area contributed by atoms with Gasteiger partial charge < -0.3 is 4.40 Å². The molecule has 0 bridgehead atoms. The molecule has 0 radical (unpaired) electrons. The summed E-state index contributed by atoms with van der Waals surface area (Å²) in [6.07, 6.45) is 7.23. The van der Waals surface area contributed by atoms with E-state index in [4.69, 9.17) is 4.11 Å². The van der Waals surface area contributed by atoms with Gasteiger partial charge in [0.1, 0.15) is 0 Å². The Balaban J connectivity index is 1.87. The normalized spacial score (nSPS) is 13.5. The third kappa shape index (κ3) is 2.17. The summed E-state index contributed by atoms with van der Waals surface area (Å²) in [6.45, 7) is -2.14. The van der Waals surface area contributed by atoms with E-state index < -0.39 is 6.85 Å². The molecule has 3 heteroatoms. The minimum absolute atomic E-state index is 0.313. The summed E-state index contributed by atoms with van der Waals surface area (Å²) in [5.74, 6) is 0. The van der Waals surface area contributed by atoms with Crippen LogP contribution in [0.2, 0.25) is 0 Å². The highest BCUT2D eigenvalue weighted by Gasteiger charge is 2.09. The second-order valence-corrected chi connectivity index (χ2v) is 5.12. The molecule has 0 amide bonds. The number of fused-ring (bicyclic) bond motifs is 1. The Kier molecular flexibility index (Phi) is 2.30. The molecule has 0 saturated carbocycles. The van der Waals surface area contributed by atoms with Crippen molar-refractivity contribution in [1.82, 2.24) is 14.4 Å². The molecule has 0 aliphatic rings. The van der Waals surface area contributed by atoms with Crippen LogP contribution in [0.15, 0.2) is 73.4 Å². The molecule has 3 aromatic heterocycles. The van der Waals surface area contributed by atoms with E-state index >= 15 is 0 Å². The summed E-state index contributed by atoms with van der Waals surface area (Å²) in [7, 11) is 0. The molecule has 0 aliphatic heterocycles. The van der Waals surface area contributed by atoms with Gasteiger partial charge >= 0.3 is 0 Å². The highest BCUT2D eigenvalue weighted by molar-refractivity contribution is 5.82. The van der Waals surface area contributed by atoms with Crippen LogP contribution >= 0.6 is 0 Å². The molecule has 4 rings (SSSR count). The molecule has 106 valence electrons. The number of imidazole rings is 1. The highest BCUT2D eigenvalue weighted by Crippen LogP contribution is 2.31. The zero-order valence-corrected chi connectivity index (χ0v) is 11.8. The zero-order valence-electron chi connectivity index (χ0n) is 14.8. The standard InChI is InChI=1S/C19H15N3/c1-14-4-2-5-16(10-14)19-18(6-3-8-21-19)15-7-9-22-13-20-12-17(22)11-15/h2-13H,1H3/i1D3. The molecule has 1 aromatic carbocycles. The van der Waals surface area contributed by atoms with Crippen molar-refractivity contribution in [2.75, 3.05) is 0 Å². The van der Waals surface area contributed by atoms with Crippen molar-refractivity contribution in [3.8, 4) is 22.4 Å². The highest BCUT2D eigenvalue weighted by atomic mass is 15.0. The molecular weight excluding hydrogens is 270 g/mol. The summed E-state index contributed by atoms with van der Waals surface area (Å²) >= 11 is 0. The van der Waals surface area contributed by atoms with Gasteiger partial charge in [-0.15, -0.1) is 0 Å². The monoisotopic (exact) mass is 288 g/mol. The minimum atomic E-state index is -2.14. The molecule has 4 aromatic rings. The average Bonchev–Trinajstić information content (AvgIpc) is 3.09. The van der Waals surface area contributed by atoms with Crippen LogP contribution in [-0.2, 0) is 0 Å². The lowest BCUT2D eigenvalue weighted by Gasteiger charge is -2.10. The molecule has 22 heavy (non-hydrogen) atoms. The van der Waals surface area contributed by atoms with Crippen molar-refractivity contribution in [2.45, 2.75) is 6.85 Å². The summed E-state index contributed by atoms with van der Waals surface area (Å²) in [5.41, 5.74) is 4.82. The van der Waals surface area contributed by atoms with Crippen molar-refractivity contribution in [3.05, 3.63) is 79.0 Å². The third-order valence-corrected chi connectivity index (χ3v) is 3.67. The van der Waals surface area contributed by atoms with Crippen LogP contribution in [0.3, 0.4) is 0 Å². The Morgan fingerprint density at radius 2 is 2.05 bits per heavy atom. The predicted molar refractivity (Wildman–Crippen MR) is 88.6 cm³/mol. The van der Waals surface area contributed by atoms with Crippen LogP contribution in [0.25, 0.3) is 27.9 Å². The van der Waals surface area contributed by atoms with Gasteiger partial charge in [-0.2, -0.15) is 0 Å². The van der Waals surface area contributed by atoms with Gasteiger partial charge in [-0.3, -0.25) is 4.98 Å². The van der Waals surface area contributed by atoms with E-state index in [0.29, 0.717) is 5.56 Å². The first-order valence-electron chi connectivity index (χ1n) is 8.50. The largest absolute Gasteiger partial charge is 0.306 e. The maximum Gasteiger partial charge on any atom is 0.0991 e. The summed E-state index contributed by atoms with van der Waals surface area (Å²) < 4.78 is 24.8. The lowest BCUT2D eigenvalue weighted by molar-refractivity contribution is 1.15. The summed E-state index contributed by atoms with van der Waals surface area (Å²) in [6, 6.07) is 14.9. The van der Waals surface area contributed by atoms with E-state index in [2.05, 4.69) is 9.97 Å². The zero-order chi connectivity index (χ0) is 17.4. The van der Waals surface area contributed by atoms with Gasteiger partial charge in [0.05, 0.1) is 23.7 Å². The maximum absolute atomic E-state index is 7.63. The summed E-state index contributed by atoms with van der Waals surface area (Å²) in [4.78, 5) is 8.65. The Bertz CT molecular complexity index is 1050. The van der Waals surface area contributed by atoms with Gasteiger partial charge in [-0.1, -0.05) is 29.8 Å². The van der Waals surface area contributed by atoms with Gasteiger partial charge in [0.15, 0.2) is 0 Å². The van der Waals surface area contributed by atoms with Gasteiger partial charge in [0.25, 0.3) is 0 Å². The predicted octanol–water partition coefficient (Wildman–Crippen LogP) is 4.37. The molecule has 0 N–H and O–H groups in total. The van der Waals surface area contributed by atoms with Crippen molar-refractivity contribution in [1.29, 1.82) is 0 Å². The minimum Gasteiger partial charge on any atom is -0.306 e. The van der Waals surface area contributed by atoms with E-state index in [0.717, 1.165) is 27.9 Å². The molecule has 0 saturated heterocycles. The fourth-order valence-corrected chi connectivity index (χ4v) is 2.62. The number of hydrogen-bond donors (Lipinski definition) is 0. The third-order valence-electron chi connectivity index (χ3n) is 3.67. The molecule has 0 aliphatic carbocycles. The number of nitrogens with zero attached hydrogens (tertiary/aromatic N) is 3. The number of pyridine rings is 2. The Morgan fingerprint density at radius 3 is 3.00 bits per heavy atom. The molecular formula is C19H15N3. The van der Waals surface area contributed by atoms with E-state index in [1.807, 2.05) is 40.9 Å². The van der Waals surface area contributed by atoms with Crippen molar-refractivity contribution >= 4 is 5.52 Å². The van der Waals surface area contributed by atoms with Crippen LogP contribution < -0.4 is 0 Å².